The normalized spacial score (nSPS) is 11.0. The number of carbonyl (C=O) groups is 1. The highest BCUT2D eigenvalue weighted by Crippen LogP contribution is 2.30. The third kappa shape index (κ3) is 3.43. The summed E-state index contributed by atoms with van der Waals surface area (Å²) in [7, 11) is 0. The molecular weight excluding hydrogens is 334 g/mol. The molecule has 0 aliphatic rings. The van der Waals surface area contributed by atoms with Gasteiger partial charge in [0.1, 0.15) is 16.8 Å². The van der Waals surface area contributed by atoms with Gasteiger partial charge in [0.25, 0.3) is 5.91 Å². The molecule has 118 valence electrons. The van der Waals surface area contributed by atoms with Gasteiger partial charge >= 0.3 is 0 Å². The van der Waals surface area contributed by atoms with Crippen LogP contribution >= 0.6 is 23.3 Å². The zero-order valence-electron chi connectivity index (χ0n) is 12.5. The van der Waals surface area contributed by atoms with Crippen molar-refractivity contribution in [2.75, 3.05) is 5.32 Å². The lowest BCUT2D eigenvalue weighted by Crippen LogP contribution is -2.13. The Hall–Kier alpha value is -2.18. The summed E-state index contributed by atoms with van der Waals surface area (Å²) in [6.45, 7) is 3.90. The summed E-state index contributed by atoms with van der Waals surface area (Å²) in [5.74, 6) is 0.462. The summed E-state index contributed by atoms with van der Waals surface area (Å²) in [5.41, 5.74) is 2.29. The van der Waals surface area contributed by atoms with Crippen LogP contribution in [-0.2, 0) is 0 Å². The minimum Gasteiger partial charge on any atom is -0.491 e. The van der Waals surface area contributed by atoms with Gasteiger partial charge in [0.2, 0.25) is 0 Å². The van der Waals surface area contributed by atoms with Crippen molar-refractivity contribution in [3.8, 4) is 5.75 Å². The predicted octanol–water partition coefficient (Wildman–Crippen LogP) is 4.38. The lowest BCUT2D eigenvalue weighted by atomic mass is 10.2. The number of hydrogen-bond acceptors (Lipinski definition) is 5. The second-order valence-electron chi connectivity index (χ2n) is 5.20. The molecule has 5 nitrogen and oxygen atoms in total. The Morgan fingerprint density at radius 2 is 1.91 bits per heavy atom. The van der Waals surface area contributed by atoms with E-state index < -0.39 is 0 Å². The highest BCUT2D eigenvalue weighted by Gasteiger charge is 2.14. The summed E-state index contributed by atoms with van der Waals surface area (Å²) in [6.07, 6.45) is 0.0863. The number of aromatic nitrogens is 2. The van der Waals surface area contributed by atoms with Gasteiger partial charge in [-0.15, -0.1) is 0 Å². The maximum atomic E-state index is 12.4. The van der Waals surface area contributed by atoms with Gasteiger partial charge in [-0.05, 0) is 50.2 Å². The summed E-state index contributed by atoms with van der Waals surface area (Å²) >= 11 is 7.26. The van der Waals surface area contributed by atoms with Crippen molar-refractivity contribution >= 4 is 46.0 Å². The molecule has 0 spiro atoms. The lowest BCUT2D eigenvalue weighted by Gasteiger charge is -2.11. The van der Waals surface area contributed by atoms with E-state index in [1.54, 1.807) is 36.4 Å². The van der Waals surface area contributed by atoms with Gasteiger partial charge in [0.05, 0.1) is 28.5 Å². The molecule has 0 radical (unpaired) electrons. The van der Waals surface area contributed by atoms with Gasteiger partial charge < -0.3 is 10.1 Å². The molecule has 3 rings (SSSR count). The number of nitrogens with zero attached hydrogens (tertiary/aromatic N) is 2. The zero-order valence-corrected chi connectivity index (χ0v) is 14.1. The Bertz CT molecular complexity index is 846. The van der Waals surface area contributed by atoms with Crippen molar-refractivity contribution in [2.24, 2.45) is 0 Å². The molecular formula is C16H14ClN3O2S. The molecule has 1 heterocycles. The first kappa shape index (κ1) is 15.7. The molecule has 0 unspecified atom stereocenters. The van der Waals surface area contributed by atoms with E-state index in [1.807, 2.05) is 13.8 Å². The van der Waals surface area contributed by atoms with Crippen LogP contribution in [0.2, 0.25) is 5.02 Å². The summed E-state index contributed by atoms with van der Waals surface area (Å²) < 4.78 is 13.9. The first-order valence-electron chi connectivity index (χ1n) is 7.03. The minimum atomic E-state index is -0.261. The maximum absolute atomic E-state index is 12.4. The summed E-state index contributed by atoms with van der Waals surface area (Å²) in [5, 5.41) is 3.24. The average Bonchev–Trinajstić information content (AvgIpc) is 2.99. The third-order valence-corrected chi connectivity index (χ3v) is 3.96. The summed E-state index contributed by atoms with van der Waals surface area (Å²) in [4.78, 5) is 12.4. The molecule has 7 heteroatoms. The van der Waals surface area contributed by atoms with Gasteiger partial charge in [-0.1, -0.05) is 11.6 Å². The number of halogens is 1. The van der Waals surface area contributed by atoms with E-state index in [4.69, 9.17) is 16.3 Å². The monoisotopic (exact) mass is 347 g/mol. The average molecular weight is 348 g/mol. The van der Waals surface area contributed by atoms with Crippen LogP contribution in [0, 0.1) is 0 Å². The van der Waals surface area contributed by atoms with Crippen molar-refractivity contribution in [1.29, 1.82) is 0 Å². The molecule has 2 aromatic carbocycles. The molecule has 1 aromatic heterocycles. The number of rotatable bonds is 4. The molecule has 0 aliphatic heterocycles. The fourth-order valence-corrected chi connectivity index (χ4v) is 2.83. The number of anilines is 1. The Balaban J connectivity index is 1.83. The second kappa shape index (κ2) is 6.52. The summed E-state index contributed by atoms with van der Waals surface area (Å²) in [6, 6.07) is 10.4. The van der Waals surface area contributed by atoms with E-state index in [9.17, 15) is 4.79 Å². The van der Waals surface area contributed by atoms with Crippen LogP contribution in [0.25, 0.3) is 11.0 Å². The van der Waals surface area contributed by atoms with Gasteiger partial charge in [0.15, 0.2) is 0 Å². The van der Waals surface area contributed by atoms with Gasteiger partial charge in [0, 0.05) is 5.56 Å². The van der Waals surface area contributed by atoms with E-state index >= 15 is 0 Å². The number of carbonyl (C=O) groups excluding carboxylic acids is 1. The van der Waals surface area contributed by atoms with E-state index in [0.29, 0.717) is 27.3 Å². The predicted molar refractivity (Wildman–Crippen MR) is 92.6 cm³/mol. The zero-order chi connectivity index (χ0) is 16.4. The first-order valence-corrected chi connectivity index (χ1v) is 8.14. The standard InChI is InChI=1S/C16H14ClN3O2S/c1-9(2)22-11-5-3-10(4-6-11)16(21)18-14-12(17)7-8-13-15(14)20-23-19-13/h3-9H,1-2H3,(H,18,21). The highest BCUT2D eigenvalue weighted by molar-refractivity contribution is 7.00. The van der Waals surface area contributed by atoms with Crippen LogP contribution in [0.4, 0.5) is 5.69 Å². The SMILES string of the molecule is CC(C)Oc1ccc(C(=O)Nc2c(Cl)ccc3nsnc23)cc1. The van der Waals surface area contributed by atoms with Crippen LogP contribution in [0.1, 0.15) is 24.2 Å². The fraction of sp³-hybridized carbons (Fsp3) is 0.188. The van der Waals surface area contributed by atoms with Crippen molar-refractivity contribution < 1.29 is 9.53 Å². The molecule has 3 aromatic rings. The van der Waals surface area contributed by atoms with E-state index in [1.165, 1.54) is 0 Å². The van der Waals surface area contributed by atoms with E-state index in [0.717, 1.165) is 17.5 Å². The van der Waals surface area contributed by atoms with Crippen molar-refractivity contribution in [1.82, 2.24) is 8.75 Å². The van der Waals surface area contributed by atoms with Crippen LogP contribution in [-0.4, -0.2) is 20.8 Å². The third-order valence-electron chi connectivity index (χ3n) is 3.10. The minimum absolute atomic E-state index is 0.0863. The molecule has 0 bridgehead atoms. The van der Waals surface area contributed by atoms with Gasteiger partial charge in [-0.2, -0.15) is 8.75 Å². The molecule has 1 amide bonds. The van der Waals surface area contributed by atoms with E-state index in [-0.39, 0.29) is 12.0 Å². The van der Waals surface area contributed by atoms with Crippen LogP contribution in [0.5, 0.6) is 5.75 Å². The molecule has 0 saturated carbocycles. The molecule has 0 aliphatic carbocycles. The first-order chi connectivity index (χ1) is 11.0. The molecule has 1 N–H and O–H groups in total. The smallest absolute Gasteiger partial charge is 0.255 e. The van der Waals surface area contributed by atoms with Crippen LogP contribution < -0.4 is 10.1 Å². The van der Waals surface area contributed by atoms with Crippen LogP contribution in [0.15, 0.2) is 36.4 Å². The molecule has 0 saturated heterocycles. The second-order valence-corrected chi connectivity index (χ2v) is 6.14. The Labute approximate surface area is 142 Å². The van der Waals surface area contributed by atoms with Crippen molar-refractivity contribution in [2.45, 2.75) is 20.0 Å². The molecule has 0 fully saturated rings. The van der Waals surface area contributed by atoms with Crippen molar-refractivity contribution in [3.63, 3.8) is 0 Å². The quantitative estimate of drug-likeness (QED) is 0.760. The van der Waals surface area contributed by atoms with E-state index in [2.05, 4.69) is 14.1 Å². The number of fused-ring (bicyclic) bond motifs is 1. The fourth-order valence-electron chi connectivity index (χ4n) is 2.09. The highest BCUT2D eigenvalue weighted by atomic mass is 35.5. The Kier molecular flexibility index (Phi) is 4.45. The Morgan fingerprint density at radius 3 is 2.61 bits per heavy atom. The Morgan fingerprint density at radius 1 is 1.17 bits per heavy atom. The maximum Gasteiger partial charge on any atom is 0.255 e. The number of benzene rings is 2. The van der Waals surface area contributed by atoms with Crippen LogP contribution in [0.3, 0.4) is 0 Å². The lowest BCUT2D eigenvalue weighted by molar-refractivity contribution is 0.102. The van der Waals surface area contributed by atoms with Gasteiger partial charge in [-0.25, -0.2) is 0 Å². The number of ether oxygens (including phenoxy) is 1. The molecule has 23 heavy (non-hydrogen) atoms. The largest absolute Gasteiger partial charge is 0.491 e. The topological polar surface area (TPSA) is 64.1 Å². The van der Waals surface area contributed by atoms with Crippen molar-refractivity contribution in [3.05, 3.63) is 47.0 Å². The van der Waals surface area contributed by atoms with Gasteiger partial charge in [-0.3, -0.25) is 4.79 Å². The molecule has 0 atom stereocenters. The number of nitrogens with one attached hydrogen (secondary N) is 1. The number of hydrogen-bond donors (Lipinski definition) is 1. The number of amides is 1.